The Balaban J connectivity index is 1.69. The van der Waals surface area contributed by atoms with Gasteiger partial charge in [-0.05, 0) is 37.9 Å². The first-order valence-electron chi connectivity index (χ1n) is 8.46. The molecule has 1 aliphatic rings. The predicted octanol–water partition coefficient (Wildman–Crippen LogP) is 2.86. The normalized spacial score (nSPS) is 22.8. The van der Waals surface area contributed by atoms with Crippen molar-refractivity contribution < 1.29 is 4.79 Å². The molecule has 1 aromatic carbocycles. The lowest BCUT2D eigenvalue weighted by Crippen LogP contribution is -2.51. The maximum atomic E-state index is 12.5. The topological polar surface area (TPSA) is 58.1 Å². The average Bonchev–Trinajstić information content (AvgIpc) is 2.63. The molecule has 2 aromatic rings. The quantitative estimate of drug-likeness (QED) is 0.939. The molecule has 1 aromatic heterocycles. The average molecular weight is 324 g/mol. The Morgan fingerprint density at radius 2 is 1.92 bits per heavy atom. The van der Waals surface area contributed by atoms with Crippen LogP contribution in [-0.4, -0.2) is 39.9 Å². The molecule has 1 saturated heterocycles. The molecule has 2 atom stereocenters. The zero-order valence-corrected chi connectivity index (χ0v) is 14.3. The van der Waals surface area contributed by atoms with Gasteiger partial charge >= 0.3 is 0 Å². The van der Waals surface area contributed by atoms with E-state index >= 15 is 0 Å². The molecule has 0 spiro atoms. The SMILES string of the molecule is C[C@@H](C(=O)Nc1ncccn1)N1CCC[C@@](C)(c2ccccc2)C1. The number of hydrogen-bond acceptors (Lipinski definition) is 4. The molecule has 0 bridgehead atoms. The molecule has 1 aliphatic heterocycles. The Morgan fingerprint density at radius 3 is 2.62 bits per heavy atom. The summed E-state index contributed by atoms with van der Waals surface area (Å²) in [6.45, 7) is 6.06. The Labute approximate surface area is 143 Å². The summed E-state index contributed by atoms with van der Waals surface area (Å²) in [5.74, 6) is 0.302. The Hall–Kier alpha value is -2.27. The van der Waals surface area contributed by atoms with Crippen molar-refractivity contribution in [3.05, 3.63) is 54.4 Å². The van der Waals surface area contributed by atoms with Gasteiger partial charge < -0.3 is 0 Å². The van der Waals surface area contributed by atoms with Gasteiger partial charge in [0.05, 0.1) is 6.04 Å². The molecule has 0 aliphatic carbocycles. The van der Waals surface area contributed by atoms with Crippen LogP contribution in [0.5, 0.6) is 0 Å². The highest BCUT2D eigenvalue weighted by molar-refractivity contribution is 5.93. The summed E-state index contributed by atoms with van der Waals surface area (Å²) in [5, 5.41) is 2.80. The van der Waals surface area contributed by atoms with Crippen LogP contribution in [0.3, 0.4) is 0 Å². The number of hydrogen-bond donors (Lipinski definition) is 1. The van der Waals surface area contributed by atoms with Gasteiger partial charge in [0.2, 0.25) is 11.9 Å². The molecule has 24 heavy (non-hydrogen) atoms. The number of anilines is 1. The first kappa shape index (κ1) is 16.6. The predicted molar refractivity (Wildman–Crippen MR) is 94.7 cm³/mol. The summed E-state index contributed by atoms with van der Waals surface area (Å²) in [5.41, 5.74) is 1.42. The van der Waals surface area contributed by atoms with E-state index in [4.69, 9.17) is 0 Å². The van der Waals surface area contributed by atoms with Crippen LogP contribution in [0, 0.1) is 0 Å². The number of piperidine rings is 1. The molecule has 0 saturated carbocycles. The van der Waals surface area contributed by atoms with E-state index in [0.717, 1.165) is 25.9 Å². The zero-order valence-electron chi connectivity index (χ0n) is 14.3. The van der Waals surface area contributed by atoms with Crippen molar-refractivity contribution in [3.8, 4) is 0 Å². The number of rotatable bonds is 4. The van der Waals surface area contributed by atoms with Crippen LogP contribution in [0.2, 0.25) is 0 Å². The summed E-state index contributed by atoms with van der Waals surface area (Å²) in [4.78, 5) is 22.9. The molecular formula is C19H24N4O. The first-order chi connectivity index (χ1) is 11.6. The van der Waals surface area contributed by atoms with E-state index < -0.39 is 0 Å². The van der Waals surface area contributed by atoms with Gasteiger partial charge in [-0.2, -0.15) is 0 Å². The van der Waals surface area contributed by atoms with E-state index in [2.05, 4.69) is 51.4 Å². The van der Waals surface area contributed by atoms with Crippen LogP contribution in [0.1, 0.15) is 32.3 Å². The molecule has 0 radical (unpaired) electrons. The standard InChI is InChI=1S/C19H24N4O/c1-15(17(24)22-18-20-11-7-12-21-18)23-13-6-10-19(2,14-23)16-8-4-3-5-9-16/h3-5,7-9,11-12,15H,6,10,13-14H2,1-2H3,(H,20,21,22,24)/t15-,19+/m0/s1. The summed E-state index contributed by atoms with van der Waals surface area (Å²) in [6, 6.07) is 12.1. The molecule has 0 unspecified atom stereocenters. The lowest BCUT2D eigenvalue weighted by molar-refractivity contribution is -0.121. The lowest BCUT2D eigenvalue weighted by Gasteiger charge is -2.43. The van der Waals surface area contributed by atoms with Gasteiger partial charge in [0, 0.05) is 24.4 Å². The van der Waals surface area contributed by atoms with Gasteiger partial charge in [0.15, 0.2) is 0 Å². The minimum atomic E-state index is -0.211. The lowest BCUT2D eigenvalue weighted by atomic mass is 9.75. The first-order valence-corrected chi connectivity index (χ1v) is 8.46. The minimum Gasteiger partial charge on any atom is -0.293 e. The molecule has 3 rings (SSSR count). The monoisotopic (exact) mass is 324 g/mol. The fraction of sp³-hybridized carbons (Fsp3) is 0.421. The van der Waals surface area contributed by atoms with Crippen molar-refractivity contribution in [1.29, 1.82) is 0 Å². The van der Waals surface area contributed by atoms with Gasteiger partial charge in [0.25, 0.3) is 0 Å². The molecule has 126 valence electrons. The van der Waals surface area contributed by atoms with Crippen LogP contribution in [0.15, 0.2) is 48.8 Å². The van der Waals surface area contributed by atoms with Crippen LogP contribution in [0.4, 0.5) is 5.95 Å². The van der Waals surface area contributed by atoms with Crippen LogP contribution in [-0.2, 0) is 10.2 Å². The third-order valence-electron chi connectivity index (χ3n) is 4.92. The number of carbonyl (C=O) groups excluding carboxylic acids is 1. The van der Waals surface area contributed by atoms with Gasteiger partial charge in [-0.15, -0.1) is 0 Å². The number of amides is 1. The fourth-order valence-electron chi connectivity index (χ4n) is 3.43. The summed E-state index contributed by atoms with van der Waals surface area (Å²) >= 11 is 0. The van der Waals surface area contributed by atoms with E-state index in [1.165, 1.54) is 5.56 Å². The molecule has 1 N–H and O–H groups in total. The van der Waals surface area contributed by atoms with E-state index in [1.54, 1.807) is 18.5 Å². The van der Waals surface area contributed by atoms with Crippen LogP contribution >= 0.6 is 0 Å². The largest absolute Gasteiger partial charge is 0.293 e. The highest BCUT2D eigenvalue weighted by Crippen LogP contribution is 2.34. The van der Waals surface area contributed by atoms with Crippen molar-refractivity contribution in [2.24, 2.45) is 0 Å². The van der Waals surface area contributed by atoms with Gasteiger partial charge in [-0.1, -0.05) is 37.3 Å². The van der Waals surface area contributed by atoms with Crippen molar-refractivity contribution in [2.75, 3.05) is 18.4 Å². The van der Waals surface area contributed by atoms with Crippen molar-refractivity contribution in [1.82, 2.24) is 14.9 Å². The third-order valence-corrected chi connectivity index (χ3v) is 4.92. The highest BCUT2D eigenvalue weighted by Gasteiger charge is 2.35. The Bertz CT molecular complexity index is 676. The van der Waals surface area contributed by atoms with Gasteiger partial charge in [0.1, 0.15) is 0 Å². The second-order valence-corrected chi connectivity index (χ2v) is 6.74. The number of nitrogens with zero attached hydrogens (tertiary/aromatic N) is 3. The number of aromatic nitrogens is 2. The van der Waals surface area contributed by atoms with Crippen molar-refractivity contribution in [3.63, 3.8) is 0 Å². The minimum absolute atomic E-state index is 0.0569. The fourth-order valence-corrected chi connectivity index (χ4v) is 3.43. The molecular weight excluding hydrogens is 300 g/mol. The van der Waals surface area contributed by atoms with Crippen molar-refractivity contribution >= 4 is 11.9 Å². The van der Waals surface area contributed by atoms with Gasteiger partial charge in [-0.3, -0.25) is 15.0 Å². The van der Waals surface area contributed by atoms with Gasteiger partial charge in [-0.25, -0.2) is 9.97 Å². The van der Waals surface area contributed by atoms with Crippen molar-refractivity contribution in [2.45, 2.75) is 38.1 Å². The maximum Gasteiger partial charge on any atom is 0.243 e. The second kappa shape index (κ2) is 7.09. The zero-order chi connectivity index (χ0) is 17.0. The molecule has 1 fully saturated rings. The molecule has 1 amide bonds. The maximum absolute atomic E-state index is 12.5. The summed E-state index contributed by atoms with van der Waals surface area (Å²) in [6.07, 6.45) is 5.48. The van der Waals surface area contributed by atoms with Crippen LogP contribution < -0.4 is 5.32 Å². The second-order valence-electron chi connectivity index (χ2n) is 6.74. The van der Waals surface area contributed by atoms with E-state index in [0.29, 0.717) is 5.95 Å². The van der Waals surface area contributed by atoms with Crippen LogP contribution in [0.25, 0.3) is 0 Å². The molecule has 5 heteroatoms. The van der Waals surface area contributed by atoms with E-state index in [9.17, 15) is 4.79 Å². The number of benzene rings is 1. The summed E-state index contributed by atoms with van der Waals surface area (Å²) in [7, 11) is 0. The molecule has 5 nitrogen and oxygen atoms in total. The summed E-state index contributed by atoms with van der Waals surface area (Å²) < 4.78 is 0. The smallest absolute Gasteiger partial charge is 0.243 e. The number of carbonyl (C=O) groups is 1. The van der Waals surface area contributed by atoms with E-state index in [1.807, 2.05) is 13.0 Å². The number of nitrogens with one attached hydrogen (secondary N) is 1. The Morgan fingerprint density at radius 1 is 1.21 bits per heavy atom. The number of likely N-dealkylation sites (tertiary alicyclic amines) is 1. The van der Waals surface area contributed by atoms with E-state index in [-0.39, 0.29) is 17.4 Å². The Kier molecular flexibility index (Phi) is 4.90. The highest BCUT2D eigenvalue weighted by atomic mass is 16.2. The molecule has 2 heterocycles. The third kappa shape index (κ3) is 3.62.